The Balaban J connectivity index is 2.41. The highest BCUT2D eigenvalue weighted by atomic mass is 35.5. The predicted octanol–water partition coefficient (Wildman–Crippen LogP) is 3.95. The molecule has 1 atom stereocenters. The van der Waals surface area contributed by atoms with Crippen molar-refractivity contribution in [1.29, 1.82) is 0 Å². The Kier molecular flexibility index (Phi) is 5.21. The quantitative estimate of drug-likeness (QED) is 0.873. The summed E-state index contributed by atoms with van der Waals surface area (Å²) < 4.78 is 2.07. The van der Waals surface area contributed by atoms with Crippen molar-refractivity contribution in [2.45, 2.75) is 39.8 Å². The van der Waals surface area contributed by atoms with Crippen molar-refractivity contribution in [3.8, 4) is 0 Å². The highest BCUT2D eigenvalue weighted by molar-refractivity contribution is 6.30. The number of hydrogen-bond donors (Lipinski definition) is 1. The third-order valence-electron chi connectivity index (χ3n) is 3.29. The first-order valence-corrected chi connectivity index (χ1v) is 7.55. The maximum atomic E-state index is 6.21. The molecule has 0 saturated heterocycles. The van der Waals surface area contributed by atoms with E-state index in [0.29, 0.717) is 0 Å². The molecule has 2 aromatic rings. The van der Waals surface area contributed by atoms with E-state index in [1.54, 1.807) is 0 Å². The van der Waals surface area contributed by atoms with E-state index in [9.17, 15) is 0 Å². The molecule has 0 radical (unpaired) electrons. The zero-order valence-corrected chi connectivity index (χ0v) is 13.1. The molecule has 0 aliphatic heterocycles. The monoisotopic (exact) mass is 291 g/mol. The van der Waals surface area contributed by atoms with Gasteiger partial charge in [0.1, 0.15) is 0 Å². The zero-order chi connectivity index (χ0) is 14.5. The fourth-order valence-corrected chi connectivity index (χ4v) is 2.81. The van der Waals surface area contributed by atoms with Gasteiger partial charge in [-0.3, -0.25) is 4.68 Å². The molecule has 0 aliphatic carbocycles. The van der Waals surface area contributed by atoms with Crippen LogP contribution in [0.25, 0.3) is 0 Å². The Morgan fingerprint density at radius 2 is 2.10 bits per heavy atom. The van der Waals surface area contributed by atoms with Gasteiger partial charge >= 0.3 is 0 Å². The van der Waals surface area contributed by atoms with Gasteiger partial charge < -0.3 is 5.32 Å². The first-order valence-electron chi connectivity index (χ1n) is 7.17. The summed E-state index contributed by atoms with van der Waals surface area (Å²) in [5.74, 6) is 0. The zero-order valence-electron chi connectivity index (χ0n) is 12.4. The van der Waals surface area contributed by atoms with Crippen LogP contribution in [0.4, 0.5) is 0 Å². The molecule has 2 rings (SSSR count). The molecule has 1 aromatic carbocycles. The SMILES string of the molecule is CCCn1nccc1C(NCC)c1cc(C)cc(Cl)c1. The van der Waals surface area contributed by atoms with Crippen LogP contribution in [0.3, 0.4) is 0 Å². The molecule has 0 bridgehead atoms. The Morgan fingerprint density at radius 3 is 2.75 bits per heavy atom. The minimum atomic E-state index is 0.131. The Bertz CT molecular complexity index is 542. The van der Waals surface area contributed by atoms with Gasteiger partial charge in [0.25, 0.3) is 0 Å². The van der Waals surface area contributed by atoms with E-state index in [-0.39, 0.29) is 6.04 Å². The molecule has 0 amide bonds. The van der Waals surface area contributed by atoms with Crippen LogP contribution in [0.1, 0.15) is 43.1 Å². The standard InChI is InChI=1S/C16H22ClN3/c1-4-8-20-15(6-7-19-20)16(18-5-2)13-9-12(3)10-14(17)11-13/h6-7,9-11,16,18H,4-5,8H2,1-3H3. The van der Waals surface area contributed by atoms with E-state index < -0.39 is 0 Å². The molecule has 1 N–H and O–H groups in total. The van der Waals surface area contributed by atoms with E-state index in [4.69, 9.17) is 11.6 Å². The van der Waals surface area contributed by atoms with Gasteiger partial charge in [-0.25, -0.2) is 0 Å². The van der Waals surface area contributed by atoms with Crippen LogP contribution in [0.15, 0.2) is 30.5 Å². The predicted molar refractivity (Wildman–Crippen MR) is 84.2 cm³/mol. The number of rotatable bonds is 6. The van der Waals surface area contributed by atoms with Crippen molar-refractivity contribution in [2.24, 2.45) is 0 Å². The molecule has 0 fully saturated rings. The Labute approximate surface area is 126 Å². The van der Waals surface area contributed by atoms with E-state index in [1.165, 1.54) is 16.8 Å². The third-order valence-corrected chi connectivity index (χ3v) is 3.50. The molecular formula is C16H22ClN3. The van der Waals surface area contributed by atoms with Crippen LogP contribution < -0.4 is 5.32 Å². The first-order chi connectivity index (χ1) is 9.65. The van der Waals surface area contributed by atoms with Crippen molar-refractivity contribution in [3.05, 3.63) is 52.3 Å². The van der Waals surface area contributed by atoms with Gasteiger partial charge in [-0.1, -0.05) is 31.5 Å². The number of aryl methyl sites for hydroxylation is 2. The lowest BCUT2D eigenvalue weighted by atomic mass is 10.0. The van der Waals surface area contributed by atoms with Crippen LogP contribution in [0.5, 0.6) is 0 Å². The average molecular weight is 292 g/mol. The van der Waals surface area contributed by atoms with Crippen molar-refractivity contribution in [3.63, 3.8) is 0 Å². The number of hydrogen-bond acceptors (Lipinski definition) is 2. The molecule has 108 valence electrons. The van der Waals surface area contributed by atoms with Gasteiger partial charge in [-0.05, 0) is 49.2 Å². The number of benzene rings is 1. The van der Waals surface area contributed by atoms with Gasteiger partial charge in [0.15, 0.2) is 0 Å². The second kappa shape index (κ2) is 6.91. The Morgan fingerprint density at radius 1 is 1.30 bits per heavy atom. The van der Waals surface area contributed by atoms with Crippen LogP contribution >= 0.6 is 11.6 Å². The fourth-order valence-electron chi connectivity index (χ4n) is 2.52. The fraction of sp³-hybridized carbons (Fsp3) is 0.438. The van der Waals surface area contributed by atoms with Crippen molar-refractivity contribution in [2.75, 3.05) is 6.54 Å². The van der Waals surface area contributed by atoms with Crippen LogP contribution in [-0.2, 0) is 6.54 Å². The summed E-state index contributed by atoms with van der Waals surface area (Å²) in [4.78, 5) is 0. The molecule has 1 unspecified atom stereocenters. The summed E-state index contributed by atoms with van der Waals surface area (Å²) in [7, 11) is 0. The normalized spacial score (nSPS) is 12.6. The topological polar surface area (TPSA) is 29.9 Å². The van der Waals surface area contributed by atoms with Crippen molar-refractivity contribution in [1.82, 2.24) is 15.1 Å². The number of halogens is 1. The third kappa shape index (κ3) is 3.41. The van der Waals surface area contributed by atoms with Gasteiger partial charge in [-0.2, -0.15) is 5.10 Å². The maximum absolute atomic E-state index is 6.21. The van der Waals surface area contributed by atoms with Crippen LogP contribution in [0.2, 0.25) is 5.02 Å². The van der Waals surface area contributed by atoms with E-state index >= 15 is 0 Å². The summed E-state index contributed by atoms with van der Waals surface area (Å²) in [5, 5.41) is 8.74. The minimum absolute atomic E-state index is 0.131. The Hall–Kier alpha value is -1.32. The second-order valence-corrected chi connectivity index (χ2v) is 5.47. The lowest BCUT2D eigenvalue weighted by Gasteiger charge is -2.20. The van der Waals surface area contributed by atoms with Crippen LogP contribution in [0, 0.1) is 6.92 Å². The molecule has 1 aromatic heterocycles. The highest BCUT2D eigenvalue weighted by Gasteiger charge is 2.18. The number of aromatic nitrogens is 2. The van der Waals surface area contributed by atoms with Crippen molar-refractivity contribution < 1.29 is 0 Å². The summed E-state index contributed by atoms with van der Waals surface area (Å²) in [6.07, 6.45) is 2.94. The van der Waals surface area contributed by atoms with Gasteiger partial charge in [0, 0.05) is 17.8 Å². The molecule has 20 heavy (non-hydrogen) atoms. The summed E-state index contributed by atoms with van der Waals surface area (Å²) in [6, 6.07) is 8.41. The molecule has 0 aliphatic rings. The van der Waals surface area contributed by atoms with Gasteiger partial charge in [0.05, 0.1) is 11.7 Å². The summed E-state index contributed by atoms with van der Waals surface area (Å²) in [5.41, 5.74) is 3.56. The average Bonchev–Trinajstić information content (AvgIpc) is 2.83. The molecule has 1 heterocycles. The van der Waals surface area contributed by atoms with E-state index in [2.05, 4.69) is 48.0 Å². The lowest BCUT2D eigenvalue weighted by Crippen LogP contribution is -2.25. The molecular weight excluding hydrogens is 270 g/mol. The highest BCUT2D eigenvalue weighted by Crippen LogP contribution is 2.26. The van der Waals surface area contributed by atoms with Gasteiger partial charge in [0.2, 0.25) is 0 Å². The van der Waals surface area contributed by atoms with E-state index in [0.717, 1.165) is 24.5 Å². The number of nitrogens with zero attached hydrogens (tertiary/aromatic N) is 2. The second-order valence-electron chi connectivity index (χ2n) is 5.03. The van der Waals surface area contributed by atoms with Crippen molar-refractivity contribution >= 4 is 11.6 Å². The summed E-state index contributed by atoms with van der Waals surface area (Å²) >= 11 is 6.21. The van der Waals surface area contributed by atoms with E-state index in [1.807, 2.05) is 18.3 Å². The van der Waals surface area contributed by atoms with Crippen LogP contribution in [-0.4, -0.2) is 16.3 Å². The number of nitrogens with one attached hydrogen (secondary N) is 1. The largest absolute Gasteiger partial charge is 0.305 e. The summed E-state index contributed by atoms with van der Waals surface area (Å²) in [6.45, 7) is 8.18. The lowest BCUT2D eigenvalue weighted by molar-refractivity contribution is 0.520. The molecule has 3 nitrogen and oxygen atoms in total. The molecule has 0 spiro atoms. The first kappa shape index (κ1) is 15.1. The minimum Gasteiger partial charge on any atom is -0.305 e. The molecule has 4 heteroatoms. The molecule has 0 saturated carbocycles. The van der Waals surface area contributed by atoms with Gasteiger partial charge in [-0.15, -0.1) is 0 Å². The maximum Gasteiger partial charge on any atom is 0.0748 e. The smallest absolute Gasteiger partial charge is 0.0748 e.